The lowest BCUT2D eigenvalue weighted by molar-refractivity contribution is -0.127. The maximum absolute atomic E-state index is 12.2. The molecule has 1 atom stereocenters. The van der Waals surface area contributed by atoms with E-state index in [1.54, 1.807) is 0 Å². The van der Waals surface area contributed by atoms with Crippen molar-refractivity contribution in [3.8, 4) is 0 Å². The summed E-state index contributed by atoms with van der Waals surface area (Å²) in [6.07, 6.45) is 1.09. The molecule has 1 aromatic rings. The number of aryl methyl sites for hydroxylation is 2. The van der Waals surface area contributed by atoms with Crippen LogP contribution in [0.5, 0.6) is 0 Å². The van der Waals surface area contributed by atoms with E-state index in [4.69, 9.17) is 0 Å². The number of carbonyl (C=O) groups is 1. The van der Waals surface area contributed by atoms with Crippen LogP contribution in [0.1, 0.15) is 17.8 Å². The highest BCUT2D eigenvalue weighted by Gasteiger charge is 2.25. The Morgan fingerprint density at radius 3 is 2.71 bits per heavy atom. The second kappa shape index (κ2) is 8.56. The number of nitrogens with one attached hydrogen (secondary N) is 1. The minimum absolute atomic E-state index is 0. The predicted octanol–water partition coefficient (Wildman–Crippen LogP) is 1.68. The number of amides is 1. The van der Waals surface area contributed by atoms with Gasteiger partial charge in [0, 0.05) is 24.5 Å². The first kappa shape index (κ1) is 18.2. The summed E-state index contributed by atoms with van der Waals surface area (Å²) in [6, 6.07) is 1.94. The zero-order valence-electron chi connectivity index (χ0n) is 12.8. The molecule has 2 rings (SSSR count). The Kier molecular flexibility index (Phi) is 7.42. The molecule has 0 saturated carbocycles. The van der Waals surface area contributed by atoms with Crippen molar-refractivity contribution in [2.24, 2.45) is 5.92 Å². The van der Waals surface area contributed by atoms with E-state index < -0.39 is 0 Å². The number of likely N-dealkylation sites (tertiary alicyclic amines) is 1. The van der Waals surface area contributed by atoms with Gasteiger partial charge in [0.25, 0.3) is 0 Å². The Hall–Kier alpha value is -0.850. The van der Waals surface area contributed by atoms with Crippen LogP contribution in [0, 0.1) is 19.8 Å². The quantitative estimate of drug-likeness (QED) is 0.657. The fourth-order valence-electron chi connectivity index (χ4n) is 2.49. The fourth-order valence-corrected chi connectivity index (χ4v) is 3.34. The number of hydrogen-bond donors (Lipinski definition) is 1. The molecule has 0 bridgehead atoms. The summed E-state index contributed by atoms with van der Waals surface area (Å²) in [5, 5.41) is 3.87. The molecule has 0 spiro atoms. The van der Waals surface area contributed by atoms with Crippen LogP contribution in [0.25, 0.3) is 0 Å². The largest absolute Gasteiger partial charge is 0.342 e. The molecule has 1 fully saturated rings. The van der Waals surface area contributed by atoms with Gasteiger partial charge in [0.2, 0.25) is 5.91 Å². The maximum Gasteiger partial charge on any atom is 0.233 e. The van der Waals surface area contributed by atoms with Crippen LogP contribution in [0.2, 0.25) is 0 Å². The molecule has 2 heterocycles. The molecule has 1 amide bonds. The van der Waals surface area contributed by atoms with E-state index in [1.807, 2.05) is 31.9 Å². The first-order chi connectivity index (χ1) is 9.58. The molecule has 1 aliphatic heterocycles. The number of aromatic nitrogens is 2. The van der Waals surface area contributed by atoms with Gasteiger partial charge in [0.1, 0.15) is 0 Å². The van der Waals surface area contributed by atoms with Gasteiger partial charge in [-0.1, -0.05) is 11.8 Å². The molecule has 0 aromatic carbocycles. The lowest BCUT2D eigenvalue weighted by Crippen LogP contribution is -2.31. The average Bonchev–Trinajstić information content (AvgIpc) is 2.84. The standard InChI is InChI=1S/C14H22N4OS.ClH/c1-10-6-11(2)17-14(16-10)20-9-13(19)18-5-4-12(8-18)7-15-3;/h6,12,15H,4-5,7-9H2,1-3H3;1H. The summed E-state index contributed by atoms with van der Waals surface area (Å²) in [6.45, 7) is 6.62. The van der Waals surface area contributed by atoms with Gasteiger partial charge in [0.15, 0.2) is 5.16 Å². The van der Waals surface area contributed by atoms with Crippen molar-refractivity contribution in [1.29, 1.82) is 0 Å². The van der Waals surface area contributed by atoms with Gasteiger partial charge in [-0.3, -0.25) is 4.79 Å². The highest BCUT2D eigenvalue weighted by Crippen LogP contribution is 2.19. The molecule has 21 heavy (non-hydrogen) atoms. The van der Waals surface area contributed by atoms with Gasteiger partial charge >= 0.3 is 0 Å². The van der Waals surface area contributed by atoms with Crippen molar-refractivity contribution < 1.29 is 4.79 Å². The molecular weight excluding hydrogens is 308 g/mol. The van der Waals surface area contributed by atoms with Gasteiger partial charge in [-0.15, -0.1) is 12.4 Å². The molecule has 1 aliphatic rings. The van der Waals surface area contributed by atoms with Gasteiger partial charge < -0.3 is 10.2 Å². The molecule has 0 radical (unpaired) electrons. The third-order valence-corrected chi connectivity index (χ3v) is 4.25. The van der Waals surface area contributed by atoms with Crippen LogP contribution < -0.4 is 5.32 Å². The van der Waals surface area contributed by atoms with Crippen LogP contribution in [-0.2, 0) is 4.79 Å². The highest BCUT2D eigenvalue weighted by atomic mass is 35.5. The van der Waals surface area contributed by atoms with Crippen LogP contribution >= 0.6 is 24.2 Å². The van der Waals surface area contributed by atoms with E-state index >= 15 is 0 Å². The number of rotatable bonds is 5. The predicted molar refractivity (Wildman–Crippen MR) is 88.1 cm³/mol. The van der Waals surface area contributed by atoms with Crippen LogP contribution in [0.4, 0.5) is 0 Å². The summed E-state index contributed by atoms with van der Waals surface area (Å²) in [5.74, 6) is 1.21. The van der Waals surface area contributed by atoms with E-state index in [0.29, 0.717) is 16.8 Å². The molecule has 7 heteroatoms. The SMILES string of the molecule is CNCC1CCN(C(=O)CSc2nc(C)cc(C)n2)C1.Cl. The second-order valence-corrected chi connectivity index (χ2v) is 6.22. The molecule has 118 valence electrons. The van der Waals surface area contributed by atoms with Gasteiger partial charge in [-0.05, 0) is 45.8 Å². The molecule has 1 unspecified atom stereocenters. The topological polar surface area (TPSA) is 58.1 Å². The van der Waals surface area contributed by atoms with Crippen molar-refractivity contribution in [3.05, 3.63) is 17.5 Å². The maximum atomic E-state index is 12.2. The smallest absolute Gasteiger partial charge is 0.233 e. The summed E-state index contributed by atoms with van der Waals surface area (Å²) in [4.78, 5) is 22.8. The third-order valence-electron chi connectivity index (χ3n) is 3.42. The first-order valence-corrected chi connectivity index (χ1v) is 7.94. The Morgan fingerprint density at radius 2 is 2.10 bits per heavy atom. The zero-order chi connectivity index (χ0) is 14.5. The van der Waals surface area contributed by atoms with Crippen LogP contribution in [-0.4, -0.2) is 53.2 Å². The monoisotopic (exact) mass is 330 g/mol. The van der Waals surface area contributed by atoms with Crippen LogP contribution in [0.3, 0.4) is 0 Å². The summed E-state index contributed by atoms with van der Waals surface area (Å²) < 4.78 is 0. The van der Waals surface area contributed by atoms with E-state index in [1.165, 1.54) is 11.8 Å². The molecule has 1 saturated heterocycles. The van der Waals surface area contributed by atoms with Gasteiger partial charge in [0.05, 0.1) is 5.75 Å². The minimum Gasteiger partial charge on any atom is -0.342 e. The normalized spacial score (nSPS) is 17.7. The molecular formula is C14H23ClN4OS. The van der Waals surface area contributed by atoms with E-state index in [2.05, 4.69) is 15.3 Å². The Labute approximate surface area is 136 Å². The Balaban J connectivity index is 0.00000220. The third kappa shape index (κ3) is 5.45. The molecule has 1 N–H and O–H groups in total. The van der Waals surface area contributed by atoms with Crippen molar-refractivity contribution in [2.45, 2.75) is 25.4 Å². The summed E-state index contributed by atoms with van der Waals surface area (Å²) in [7, 11) is 1.96. The second-order valence-electron chi connectivity index (χ2n) is 5.27. The Bertz CT molecular complexity index is 466. The Morgan fingerprint density at radius 1 is 1.43 bits per heavy atom. The van der Waals surface area contributed by atoms with Gasteiger partial charge in [-0.25, -0.2) is 9.97 Å². The average molecular weight is 331 g/mol. The van der Waals surface area contributed by atoms with Crippen LogP contribution in [0.15, 0.2) is 11.2 Å². The van der Waals surface area contributed by atoms with E-state index in [-0.39, 0.29) is 18.3 Å². The number of hydrogen-bond acceptors (Lipinski definition) is 5. The fraction of sp³-hybridized carbons (Fsp3) is 0.643. The molecule has 5 nitrogen and oxygen atoms in total. The lowest BCUT2D eigenvalue weighted by Gasteiger charge is -2.16. The minimum atomic E-state index is 0. The lowest BCUT2D eigenvalue weighted by atomic mass is 10.1. The summed E-state index contributed by atoms with van der Waals surface area (Å²) in [5.41, 5.74) is 1.89. The van der Waals surface area contributed by atoms with Crippen molar-refractivity contribution in [1.82, 2.24) is 20.2 Å². The number of halogens is 1. The van der Waals surface area contributed by atoms with Crippen molar-refractivity contribution in [2.75, 3.05) is 32.4 Å². The van der Waals surface area contributed by atoms with E-state index in [9.17, 15) is 4.79 Å². The van der Waals surface area contributed by atoms with E-state index in [0.717, 1.165) is 37.4 Å². The van der Waals surface area contributed by atoms with Crippen molar-refractivity contribution >= 4 is 30.1 Å². The summed E-state index contributed by atoms with van der Waals surface area (Å²) >= 11 is 1.43. The molecule has 1 aromatic heterocycles. The molecule has 0 aliphatic carbocycles. The van der Waals surface area contributed by atoms with Crippen molar-refractivity contribution in [3.63, 3.8) is 0 Å². The number of carbonyl (C=O) groups excluding carboxylic acids is 1. The highest BCUT2D eigenvalue weighted by molar-refractivity contribution is 7.99. The number of nitrogens with zero attached hydrogens (tertiary/aromatic N) is 3. The zero-order valence-corrected chi connectivity index (χ0v) is 14.4. The van der Waals surface area contributed by atoms with Gasteiger partial charge in [-0.2, -0.15) is 0 Å². The number of thioether (sulfide) groups is 1. The first-order valence-electron chi connectivity index (χ1n) is 6.96.